The van der Waals surface area contributed by atoms with Crippen LogP contribution in [0.3, 0.4) is 0 Å². The third-order valence-electron chi connectivity index (χ3n) is 0. The second-order valence-corrected chi connectivity index (χ2v) is 0. The number of rotatable bonds is 0. The minimum Gasteiger partial charge on any atom is -0.147 e. The Morgan fingerprint density at radius 3 is 0.167 bits per heavy atom. The lowest BCUT2D eigenvalue weighted by Crippen LogP contribution is 0.688. The standard InChI is InChI=1S/6BrH.6ClH/h12*1H. The fourth-order valence-corrected chi connectivity index (χ4v) is 0. The van der Waals surface area contributed by atoms with E-state index in [0.29, 0.717) is 0 Å². The Morgan fingerprint density at radius 2 is 0.167 bits per heavy atom. The molecule has 0 aromatic heterocycles. The van der Waals surface area contributed by atoms with Crippen LogP contribution < -0.4 is 0 Å². The molecule has 12 heavy (non-hydrogen) atoms. The molecular weight excluding hydrogens is 692 g/mol. The van der Waals surface area contributed by atoms with Gasteiger partial charge in [-0.05, 0) is 0 Å². The van der Waals surface area contributed by atoms with Crippen molar-refractivity contribution in [2.75, 3.05) is 0 Å². The van der Waals surface area contributed by atoms with E-state index < -0.39 is 0 Å². The largest absolute Gasteiger partial charge is 0.147 e. The molecule has 0 fully saturated rings. The van der Waals surface area contributed by atoms with E-state index in [1.807, 2.05) is 0 Å². The van der Waals surface area contributed by atoms with Gasteiger partial charge in [0.1, 0.15) is 0 Å². The van der Waals surface area contributed by atoms with Crippen LogP contribution in [0.5, 0.6) is 0 Å². The first-order valence-corrected chi connectivity index (χ1v) is 0. The van der Waals surface area contributed by atoms with Crippen LogP contribution in [-0.4, -0.2) is 0 Å². The van der Waals surface area contributed by atoms with Crippen LogP contribution >= 0.6 is 176 Å². The van der Waals surface area contributed by atoms with Gasteiger partial charge < -0.3 is 0 Å². The molecule has 0 heterocycles. The van der Waals surface area contributed by atoms with Gasteiger partial charge in [0.05, 0.1) is 0 Å². The Kier molecular flexibility index (Phi) is 2480. The van der Waals surface area contributed by atoms with Crippen molar-refractivity contribution < 1.29 is 0 Å². The van der Waals surface area contributed by atoms with Crippen LogP contribution in [0.4, 0.5) is 0 Å². The second-order valence-electron chi connectivity index (χ2n) is 0. The fourth-order valence-electron chi connectivity index (χ4n) is 0. The topological polar surface area (TPSA) is 0 Å². The highest BCUT2D eigenvalue weighted by Gasteiger charge is -0.108. The molecule has 0 atom stereocenters. The van der Waals surface area contributed by atoms with Gasteiger partial charge in [-0.15, -0.1) is 176 Å². The summed E-state index contributed by atoms with van der Waals surface area (Å²) in [5.74, 6) is 0. The molecule has 0 rings (SSSR count). The van der Waals surface area contributed by atoms with Gasteiger partial charge in [-0.25, -0.2) is 0 Å². The van der Waals surface area contributed by atoms with E-state index in [0.717, 1.165) is 0 Å². The van der Waals surface area contributed by atoms with Crippen molar-refractivity contribution in [1.82, 2.24) is 0 Å². The predicted molar refractivity (Wildman–Crippen MR) is 105 cm³/mol. The summed E-state index contributed by atoms with van der Waals surface area (Å²) >= 11 is 0. The molecule has 12 heteroatoms. The smallest absolute Gasteiger partial charge is 0.114 e. The molecule has 0 nitrogen and oxygen atoms in total. The van der Waals surface area contributed by atoms with E-state index in [-0.39, 0.29) is 176 Å². The normalized spacial score (nSPS) is 0. The summed E-state index contributed by atoms with van der Waals surface area (Å²) in [6.07, 6.45) is 0. The maximum atomic E-state index is 0. The highest BCUT2D eigenvalue weighted by molar-refractivity contribution is 8.93. The van der Waals surface area contributed by atoms with Crippen LogP contribution in [0.15, 0.2) is 0 Å². The van der Waals surface area contributed by atoms with Crippen molar-refractivity contribution in [1.29, 1.82) is 0 Å². The zero-order valence-corrected chi connectivity index (χ0v) is 20.1. The Morgan fingerprint density at radius 1 is 0.167 bits per heavy atom. The minimum atomic E-state index is 0. The lowest BCUT2D eigenvalue weighted by molar-refractivity contribution is 5.85. The van der Waals surface area contributed by atoms with Gasteiger partial charge >= 0.3 is 0 Å². The Balaban J connectivity index is 0. The summed E-state index contributed by atoms with van der Waals surface area (Å²) in [7, 11) is 0. The van der Waals surface area contributed by atoms with Gasteiger partial charge in [0.25, 0.3) is 0 Å². The van der Waals surface area contributed by atoms with E-state index >= 15 is 0 Å². The zero-order chi connectivity index (χ0) is 0. The van der Waals surface area contributed by atoms with Crippen molar-refractivity contribution in [3.63, 3.8) is 0 Å². The average Bonchev–Trinajstić information content (AvgIpc) is 0. The maximum Gasteiger partial charge on any atom is -0.114 e. The van der Waals surface area contributed by atoms with Crippen molar-refractivity contribution in [2.45, 2.75) is 0 Å². The van der Waals surface area contributed by atoms with Crippen molar-refractivity contribution in [3.8, 4) is 0 Å². The molecule has 0 aliphatic rings. The Hall–Kier alpha value is 4.62. The lowest BCUT2D eigenvalue weighted by Gasteiger charge is -0.148. The average molecular weight is 704 g/mol. The molecule has 0 amide bonds. The lowest BCUT2D eigenvalue weighted by atomic mass is 35.5. The van der Waals surface area contributed by atoms with E-state index in [9.17, 15) is 0 Å². The summed E-state index contributed by atoms with van der Waals surface area (Å²) in [5.41, 5.74) is 0. The van der Waals surface area contributed by atoms with Crippen LogP contribution in [0.1, 0.15) is 0 Å². The monoisotopic (exact) mass is 695 g/mol. The van der Waals surface area contributed by atoms with Gasteiger partial charge in [-0.2, -0.15) is 0 Å². The summed E-state index contributed by atoms with van der Waals surface area (Å²) < 4.78 is 0. The fraction of sp³-hybridized carbons (Fsp3) is 0. The minimum absolute atomic E-state index is 0. The molecule has 0 bridgehead atoms. The second kappa shape index (κ2) is 156. The Labute approximate surface area is 173 Å². The van der Waals surface area contributed by atoms with Gasteiger partial charge in [-0.1, -0.05) is 0 Å². The first kappa shape index (κ1) is 190. The molecular formula is H12Br6Cl6. The molecule has 0 spiro atoms. The third-order valence-corrected chi connectivity index (χ3v) is 0. The molecule has 96 valence electrons. The van der Waals surface area contributed by atoms with E-state index in [2.05, 4.69) is 0 Å². The molecule has 0 aromatic carbocycles. The molecule has 0 unspecified atom stereocenters. The Bertz CT molecular complexity index is 12.0. The predicted octanol–water partition coefficient (Wildman–Crippen LogP) is 6.00. The van der Waals surface area contributed by atoms with Gasteiger partial charge in [-0.3, -0.25) is 0 Å². The molecule has 0 saturated carbocycles. The third kappa shape index (κ3) is 127. The van der Waals surface area contributed by atoms with Crippen molar-refractivity contribution >= 4 is 176 Å². The van der Waals surface area contributed by atoms with E-state index in [4.69, 9.17) is 0 Å². The van der Waals surface area contributed by atoms with Crippen molar-refractivity contribution in [3.05, 3.63) is 0 Å². The molecule has 0 radical (unpaired) electrons. The van der Waals surface area contributed by atoms with Crippen LogP contribution in [0.25, 0.3) is 0 Å². The molecule has 0 aromatic rings. The molecule has 0 aliphatic heterocycles. The van der Waals surface area contributed by atoms with E-state index in [1.54, 1.807) is 0 Å². The summed E-state index contributed by atoms with van der Waals surface area (Å²) in [4.78, 5) is 0. The highest BCUT2D eigenvalue weighted by atomic mass is 79.9. The molecule has 0 saturated heterocycles. The van der Waals surface area contributed by atoms with Crippen LogP contribution in [0, 0.1) is 0 Å². The first-order valence-electron chi connectivity index (χ1n) is 0. The molecule has 0 N–H and O–H groups in total. The van der Waals surface area contributed by atoms with Gasteiger partial charge in [0.2, 0.25) is 0 Å². The summed E-state index contributed by atoms with van der Waals surface area (Å²) in [5, 5.41) is 0. The quantitative estimate of drug-likeness (QED) is 0.291. The highest BCUT2D eigenvalue weighted by Crippen LogP contribution is 0.851. The van der Waals surface area contributed by atoms with Crippen LogP contribution in [-0.2, 0) is 0 Å². The maximum absolute atomic E-state index is 0. The first-order chi connectivity index (χ1) is 0. The molecule has 0 aliphatic carbocycles. The SMILES string of the molecule is Br.Br.Br.Br.Br.Br.Cl.Cl.Cl.Cl.Cl.Cl. The van der Waals surface area contributed by atoms with Gasteiger partial charge in [0, 0.05) is 0 Å². The number of halogens is 12. The number of hydrogen-bond donors (Lipinski definition) is 0. The summed E-state index contributed by atoms with van der Waals surface area (Å²) in [6.45, 7) is 0. The van der Waals surface area contributed by atoms with Crippen molar-refractivity contribution in [2.24, 2.45) is 0 Å². The zero-order valence-electron chi connectivity index (χ0n) is 4.90. The van der Waals surface area contributed by atoms with E-state index in [1.165, 1.54) is 0 Å². The number of hydrogen-bond acceptors (Lipinski definition) is 0. The van der Waals surface area contributed by atoms with Gasteiger partial charge in [0.15, 0.2) is 0 Å². The van der Waals surface area contributed by atoms with Crippen LogP contribution in [0.2, 0.25) is 0 Å². The summed E-state index contributed by atoms with van der Waals surface area (Å²) in [6, 6.07) is 0.